The Hall–Kier alpha value is -2.49. The highest BCUT2D eigenvalue weighted by Gasteiger charge is 2.41. The number of nitriles is 1. The highest BCUT2D eigenvalue weighted by Crippen LogP contribution is 2.41. The summed E-state index contributed by atoms with van der Waals surface area (Å²) in [6.45, 7) is 7.53. The van der Waals surface area contributed by atoms with Crippen molar-refractivity contribution in [1.29, 1.82) is 5.26 Å². The van der Waals surface area contributed by atoms with Gasteiger partial charge in [0.05, 0.1) is 17.6 Å². The van der Waals surface area contributed by atoms with Crippen molar-refractivity contribution in [3.05, 3.63) is 65.9 Å². The molecule has 1 aromatic heterocycles. The van der Waals surface area contributed by atoms with Gasteiger partial charge in [0.1, 0.15) is 5.69 Å². The maximum absolute atomic E-state index is 9.47. The molecule has 2 rings (SSSR count). The lowest BCUT2D eigenvalue weighted by molar-refractivity contribution is 0.0294. The molecule has 0 spiro atoms. The number of hydrogen-bond acceptors (Lipinski definition) is 5. The van der Waals surface area contributed by atoms with Gasteiger partial charge in [-0.3, -0.25) is 4.99 Å². The first-order chi connectivity index (χ1) is 12.4. The standard InChI is InChI=1S/C20H20BrN3O2/c1-4-5-7-14(2)19-24-17(18(21)26-19)15(12-23-3)8-6-9-20(13-22)10-16(25)11-20/h4-9,12,16,25H,1-2,10-11H2,3H3/b7-5-,9-6+,15-8+,23-12?. The minimum Gasteiger partial charge on any atom is -0.429 e. The molecule has 6 heteroatoms. The molecule has 0 atom stereocenters. The van der Waals surface area contributed by atoms with Crippen LogP contribution >= 0.6 is 15.9 Å². The Balaban J connectivity index is 2.29. The fraction of sp³-hybridized carbons (Fsp3) is 0.250. The van der Waals surface area contributed by atoms with Gasteiger partial charge in [0, 0.05) is 24.4 Å². The number of hydrogen-bond donors (Lipinski definition) is 1. The zero-order valence-corrected chi connectivity index (χ0v) is 16.1. The van der Waals surface area contributed by atoms with Crippen LogP contribution in [0, 0.1) is 16.7 Å². The summed E-state index contributed by atoms with van der Waals surface area (Å²) in [5.74, 6) is 0.389. The molecule has 0 bridgehead atoms. The number of aliphatic hydroxyl groups is 1. The lowest BCUT2D eigenvalue weighted by atomic mass is 9.68. The zero-order chi connectivity index (χ0) is 19.2. The predicted molar refractivity (Wildman–Crippen MR) is 107 cm³/mol. The summed E-state index contributed by atoms with van der Waals surface area (Å²) in [7, 11) is 1.66. The van der Waals surface area contributed by atoms with Crippen LogP contribution in [-0.4, -0.2) is 29.5 Å². The van der Waals surface area contributed by atoms with Crippen LogP contribution in [0.1, 0.15) is 24.4 Å². The smallest absolute Gasteiger partial charge is 0.227 e. The molecule has 1 saturated carbocycles. The Labute approximate surface area is 161 Å². The molecule has 0 radical (unpaired) electrons. The summed E-state index contributed by atoms with van der Waals surface area (Å²) in [4.78, 5) is 8.52. The number of nitrogens with zero attached hydrogens (tertiary/aromatic N) is 3. The van der Waals surface area contributed by atoms with Crippen LogP contribution in [0.15, 0.2) is 63.7 Å². The molecule has 134 valence electrons. The van der Waals surface area contributed by atoms with Crippen molar-refractivity contribution < 1.29 is 9.52 Å². The molecule has 1 aromatic rings. The summed E-state index contributed by atoms with van der Waals surface area (Å²) in [6.07, 6.45) is 12.7. The minimum absolute atomic E-state index is 0.389. The third-order valence-corrected chi connectivity index (χ3v) is 4.49. The van der Waals surface area contributed by atoms with Crippen LogP contribution in [0.5, 0.6) is 0 Å². The van der Waals surface area contributed by atoms with Gasteiger partial charge in [-0.15, -0.1) is 0 Å². The number of rotatable bonds is 7. The molecule has 0 aliphatic heterocycles. The SMILES string of the molecule is C=C/C=C\C(=C)c1nc(/C(C=NC)=C/C=C/C2(C#N)CC(O)C2)c(Br)o1. The summed E-state index contributed by atoms with van der Waals surface area (Å²) >= 11 is 3.38. The second kappa shape index (κ2) is 8.75. The van der Waals surface area contributed by atoms with Crippen LogP contribution in [0.25, 0.3) is 11.1 Å². The van der Waals surface area contributed by atoms with E-state index in [1.54, 1.807) is 37.6 Å². The van der Waals surface area contributed by atoms with Gasteiger partial charge in [-0.25, -0.2) is 4.98 Å². The Morgan fingerprint density at radius 1 is 1.50 bits per heavy atom. The topological polar surface area (TPSA) is 82.4 Å². The Bertz CT molecular complexity index is 847. The molecule has 0 unspecified atom stereocenters. The van der Waals surface area contributed by atoms with Crippen molar-refractivity contribution in [2.45, 2.75) is 18.9 Å². The van der Waals surface area contributed by atoms with E-state index in [0.717, 1.165) is 5.57 Å². The molecule has 1 N–H and O–H groups in total. The summed E-state index contributed by atoms with van der Waals surface area (Å²) in [5, 5.41) is 18.8. The molecule has 26 heavy (non-hydrogen) atoms. The molecule has 0 saturated heterocycles. The van der Waals surface area contributed by atoms with E-state index in [2.05, 4.69) is 45.1 Å². The summed E-state index contributed by atoms with van der Waals surface area (Å²) in [6, 6.07) is 2.26. The average molecular weight is 414 g/mol. The van der Waals surface area contributed by atoms with E-state index in [4.69, 9.17) is 4.42 Å². The number of allylic oxidation sites excluding steroid dienone is 8. The van der Waals surface area contributed by atoms with Gasteiger partial charge < -0.3 is 9.52 Å². The van der Waals surface area contributed by atoms with Gasteiger partial charge >= 0.3 is 0 Å². The van der Waals surface area contributed by atoms with E-state index in [-0.39, 0.29) is 0 Å². The lowest BCUT2D eigenvalue weighted by Crippen LogP contribution is -2.38. The van der Waals surface area contributed by atoms with E-state index in [1.807, 2.05) is 12.2 Å². The van der Waals surface area contributed by atoms with Crippen molar-refractivity contribution in [2.24, 2.45) is 10.4 Å². The van der Waals surface area contributed by atoms with Crippen LogP contribution < -0.4 is 0 Å². The normalized spacial score (nSPS) is 23.5. The van der Waals surface area contributed by atoms with Gasteiger partial charge in [0.25, 0.3) is 0 Å². The summed E-state index contributed by atoms with van der Waals surface area (Å²) in [5.41, 5.74) is 1.33. The van der Waals surface area contributed by atoms with Crippen molar-refractivity contribution in [3.8, 4) is 6.07 Å². The molecule has 0 amide bonds. The molecule has 1 fully saturated rings. The zero-order valence-electron chi connectivity index (χ0n) is 14.5. The Kier molecular flexibility index (Phi) is 6.67. The molecule has 5 nitrogen and oxygen atoms in total. The van der Waals surface area contributed by atoms with Crippen LogP contribution in [0.2, 0.25) is 0 Å². The number of aromatic nitrogens is 1. The quantitative estimate of drug-likeness (QED) is 0.526. The van der Waals surface area contributed by atoms with Crippen molar-refractivity contribution in [2.75, 3.05) is 7.05 Å². The minimum atomic E-state index is -0.597. The fourth-order valence-corrected chi connectivity index (χ4v) is 3.05. The number of oxazole rings is 1. The fourth-order valence-electron chi connectivity index (χ4n) is 2.58. The average Bonchev–Trinajstić information content (AvgIpc) is 2.98. The van der Waals surface area contributed by atoms with Crippen molar-refractivity contribution in [1.82, 2.24) is 4.98 Å². The predicted octanol–water partition coefficient (Wildman–Crippen LogP) is 4.50. The first-order valence-corrected chi connectivity index (χ1v) is 8.80. The van der Waals surface area contributed by atoms with Gasteiger partial charge in [-0.1, -0.05) is 49.6 Å². The van der Waals surface area contributed by atoms with Crippen molar-refractivity contribution in [3.63, 3.8) is 0 Å². The maximum atomic E-state index is 9.47. The summed E-state index contributed by atoms with van der Waals surface area (Å²) < 4.78 is 6.09. The van der Waals surface area contributed by atoms with Crippen LogP contribution in [0.4, 0.5) is 0 Å². The van der Waals surface area contributed by atoms with Crippen LogP contribution in [-0.2, 0) is 0 Å². The number of halogens is 1. The Morgan fingerprint density at radius 3 is 2.81 bits per heavy atom. The van der Waals surface area contributed by atoms with E-state index < -0.39 is 11.5 Å². The third kappa shape index (κ3) is 4.57. The van der Waals surface area contributed by atoms with Gasteiger partial charge in [0.15, 0.2) is 4.67 Å². The number of aliphatic hydroxyl groups excluding tert-OH is 1. The van der Waals surface area contributed by atoms with E-state index in [1.165, 1.54) is 0 Å². The highest BCUT2D eigenvalue weighted by atomic mass is 79.9. The molecule has 1 heterocycles. The Morgan fingerprint density at radius 2 is 2.23 bits per heavy atom. The lowest BCUT2D eigenvalue weighted by Gasteiger charge is -2.37. The van der Waals surface area contributed by atoms with Gasteiger partial charge in [-0.2, -0.15) is 5.26 Å². The maximum Gasteiger partial charge on any atom is 0.227 e. The molecular formula is C20H20BrN3O2. The molecule has 1 aliphatic carbocycles. The largest absolute Gasteiger partial charge is 0.429 e. The second-order valence-electron chi connectivity index (χ2n) is 5.96. The molecular weight excluding hydrogens is 394 g/mol. The first-order valence-electron chi connectivity index (χ1n) is 8.01. The van der Waals surface area contributed by atoms with E-state index >= 15 is 0 Å². The molecule has 1 aliphatic rings. The van der Waals surface area contributed by atoms with Crippen LogP contribution in [0.3, 0.4) is 0 Å². The highest BCUT2D eigenvalue weighted by molar-refractivity contribution is 9.10. The first kappa shape index (κ1) is 19.8. The van der Waals surface area contributed by atoms with E-state index in [9.17, 15) is 10.4 Å². The van der Waals surface area contributed by atoms with Crippen molar-refractivity contribution >= 4 is 33.3 Å². The van der Waals surface area contributed by atoms with Gasteiger partial charge in [0.2, 0.25) is 5.89 Å². The van der Waals surface area contributed by atoms with E-state index in [0.29, 0.717) is 34.7 Å². The third-order valence-electron chi connectivity index (χ3n) is 3.95. The second-order valence-corrected chi connectivity index (χ2v) is 6.68. The monoisotopic (exact) mass is 413 g/mol. The number of aliphatic imine (C=N–C) groups is 1. The van der Waals surface area contributed by atoms with Gasteiger partial charge in [-0.05, 0) is 28.8 Å². The molecule has 0 aromatic carbocycles.